The molecule has 5 nitrogen and oxygen atoms in total. The predicted molar refractivity (Wildman–Crippen MR) is 106 cm³/mol. The van der Waals surface area contributed by atoms with Crippen molar-refractivity contribution in [3.8, 4) is 0 Å². The number of aromatic amines is 1. The first-order valence-electron chi connectivity index (χ1n) is 9.94. The van der Waals surface area contributed by atoms with Crippen LogP contribution in [0.3, 0.4) is 0 Å². The molecular weight excluding hydrogens is 358 g/mol. The Labute approximate surface area is 162 Å². The van der Waals surface area contributed by atoms with Crippen LogP contribution in [0, 0.1) is 5.92 Å². The zero-order valence-electron chi connectivity index (χ0n) is 15.7. The second kappa shape index (κ2) is 7.98. The fraction of sp³-hybridized carbons (Fsp3) is 0.476. The number of H-pyrrole nitrogens is 1. The van der Waals surface area contributed by atoms with Crippen molar-refractivity contribution in [2.45, 2.75) is 37.0 Å². The summed E-state index contributed by atoms with van der Waals surface area (Å²) in [4.78, 5) is 5.92. The van der Waals surface area contributed by atoms with Crippen molar-refractivity contribution < 1.29 is 13.4 Å². The number of nitrogens with one attached hydrogen (secondary N) is 1. The maximum absolute atomic E-state index is 12.6. The Hall–Kier alpha value is -1.92. The van der Waals surface area contributed by atoms with Gasteiger partial charge in [-0.2, -0.15) is 4.31 Å². The van der Waals surface area contributed by atoms with Gasteiger partial charge in [0.2, 0.25) is 10.0 Å². The fourth-order valence-electron chi connectivity index (χ4n) is 4.16. The zero-order chi connectivity index (χ0) is 18.7. The second-order valence-electron chi connectivity index (χ2n) is 7.64. The number of aromatic nitrogens is 1. The summed E-state index contributed by atoms with van der Waals surface area (Å²) in [5, 5.41) is 0. The van der Waals surface area contributed by atoms with Gasteiger partial charge in [-0.25, -0.2) is 13.4 Å². The molecule has 0 unspecified atom stereocenters. The molecule has 4 rings (SSSR count). The SMILES string of the molecule is O=S(=O)(c1ccc(N2CCC(Cc3ccccc3)CC2)[nH+]c1)N1CCCC1. The topological polar surface area (TPSA) is 54.8 Å². The van der Waals surface area contributed by atoms with E-state index in [1.807, 2.05) is 6.07 Å². The van der Waals surface area contributed by atoms with Crippen LogP contribution in [0.15, 0.2) is 53.6 Å². The molecule has 0 atom stereocenters. The van der Waals surface area contributed by atoms with E-state index in [1.165, 1.54) is 5.56 Å². The summed E-state index contributed by atoms with van der Waals surface area (Å²) in [6, 6.07) is 14.4. The van der Waals surface area contributed by atoms with Gasteiger partial charge in [-0.15, -0.1) is 0 Å². The van der Waals surface area contributed by atoms with Crippen LogP contribution in [0.5, 0.6) is 0 Å². The molecule has 0 saturated carbocycles. The highest BCUT2D eigenvalue weighted by Gasteiger charge is 2.29. The number of hydrogen-bond donors (Lipinski definition) is 0. The van der Waals surface area contributed by atoms with Crippen LogP contribution >= 0.6 is 0 Å². The maximum atomic E-state index is 12.6. The van der Waals surface area contributed by atoms with Gasteiger partial charge in [0.25, 0.3) is 5.82 Å². The van der Waals surface area contributed by atoms with Crippen molar-refractivity contribution in [1.29, 1.82) is 0 Å². The lowest BCUT2D eigenvalue weighted by Crippen LogP contribution is -2.38. The first-order chi connectivity index (χ1) is 13.1. The molecule has 6 heteroatoms. The molecule has 0 bridgehead atoms. The molecule has 27 heavy (non-hydrogen) atoms. The second-order valence-corrected chi connectivity index (χ2v) is 9.58. The summed E-state index contributed by atoms with van der Waals surface area (Å²) in [5.41, 5.74) is 1.42. The third kappa shape index (κ3) is 4.17. The number of benzene rings is 1. The smallest absolute Gasteiger partial charge is 0.262 e. The van der Waals surface area contributed by atoms with E-state index in [4.69, 9.17) is 0 Å². The number of anilines is 1. The molecule has 0 aliphatic carbocycles. The largest absolute Gasteiger partial charge is 0.274 e. The summed E-state index contributed by atoms with van der Waals surface area (Å²) in [6.45, 7) is 3.29. The minimum Gasteiger partial charge on any atom is -0.262 e. The molecule has 3 heterocycles. The van der Waals surface area contributed by atoms with E-state index in [2.05, 4.69) is 40.2 Å². The van der Waals surface area contributed by atoms with E-state index < -0.39 is 10.0 Å². The third-order valence-corrected chi connectivity index (χ3v) is 7.69. The van der Waals surface area contributed by atoms with Gasteiger partial charge in [0.1, 0.15) is 11.1 Å². The molecule has 0 amide bonds. The van der Waals surface area contributed by atoms with Crippen LogP contribution in [-0.2, 0) is 16.4 Å². The quantitative estimate of drug-likeness (QED) is 0.794. The lowest BCUT2D eigenvalue weighted by molar-refractivity contribution is -0.367. The summed E-state index contributed by atoms with van der Waals surface area (Å²) in [5.74, 6) is 1.73. The van der Waals surface area contributed by atoms with Gasteiger partial charge in [0, 0.05) is 19.2 Å². The van der Waals surface area contributed by atoms with Gasteiger partial charge in [0.05, 0.1) is 13.1 Å². The molecule has 2 aliphatic rings. The normalized spacial score (nSPS) is 19.5. The molecule has 2 fully saturated rings. The van der Waals surface area contributed by atoms with Gasteiger partial charge in [-0.05, 0) is 49.7 Å². The number of nitrogens with zero attached hydrogens (tertiary/aromatic N) is 2. The Bertz CT molecular complexity index is 839. The molecular formula is C21H28N3O2S+. The molecule has 2 aliphatic heterocycles. The number of rotatable bonds is 5. The molecule has 1 aromatic heterocycles. The van der Waals surface area contributed by atoms with Crippen LogP contribution in [0.2, 0.25) is 0 Å². The summed E-state index contributed by atoms with van der Waals surface area (Å²) < 4.78 is 26.9. The fourth-order valence-corrected chi connectivity index (χ4v) is 5.65. The molecule has 0 radical (unpaired) electrons. The Morgan fingerprint density at radius 1 is 0.926 bits per heavy atom. The zero-order valence-corrected chi connectivity index (χ0v) is 16.5. The van der Waals surface area contributed by atoms with E-state index in [0.29, 0.717) is 18.0 Å². The number of piperidine rings is 1. The van der Waals surface area contributed by atoms with Crippen molar-refractivity contribution >= 4 is 15.8 Å². The Balaban J connectivity index is 1.36. The molecule has 1 N–H and O–H groups in total. The number of sulfonamides is 1. The van der Waals surface area contributed by atoms with Gasteiger partial charge in [0.15, 0.2) is 0 Å². The van der Waals surface area contributed by atoms with E-state index in [9.17, 15) is 8.42 Å². The van der Waals surface area contributed by atoms with E-state index in [0.717, 1.165) is 56.9 Å². The Morgan fingerprint density at radius 3 is 2.26 bits per heavy atom. The van der Waals surface area contributed by atoms with Crippen LogP contribution in [0.1, 0.15) is 31.2 Å². The van der Waals surface area contributed by atoms with Gasteiger partial charge in [-0.1, -0.05) is 30.3 Å². The standard InChI is InChI=1S/C21H27N3O2S/c25-27(26,24-12-4-5-13-24)20-8-9-21(22-17-20)23-14-10-19(11-15-23)16-18-6-2-1-3-7-18/h1-3,6-9,17,19H,4-5,10-16H2/p+1. The first-order valence-corrected chi connectivity index (χ1v) is 11.4. The van der Waals surface area contributed by atoms with E-state index in [1.54, 1.807) is 16.6 Å². The van der Waals surface area contributed by atoms with Crippen molar-refractivity contribution in [3.63, 3.8) is 0 Å². The first kappa shape index (κ1) is 18.4. The van der Waals surface area contributed by atoms with Gasteiger partial charge in [-0.3, -0.25) is 4.90 Å². The number of hydrogen-bond acceptors (Lipinski definition) is 3. The van der Waals surface area contributed by atoms with Crippen molar-refractivity contribution in [2.75, 3.05) is 31.1 Å². The minimum absolute atomic E-state index is 0.368. The Morgan fingerprint density at radius 2 is 1.63 bits per heavy atom. The summed E-state index contributed by atoms with van der Waals surface area (Å²) in [6.07, 6.45) is 7.04. The van der Waals surface area contributed by atoms with Crippen molar-refractivity contribution in [2.24, 2.45) is 5.92 Å². The van der Waals surface area contributed by atoms with E-state index >= 15 is 0 Å². The highest BCUT2D eigenvalue weighted by Crippen LogP contribution is 2.25. The van der Waals surface area contributed by atoms with Crippen LogP contribution in [0.25, 0.3) is 0 Å². The summed E-state index contributed by atoms with van der Waals surface area (Å²) >= 11 is 0. The molecule has 2 aromatic rings. The van der Waals surface area contributed by atoms with Crippen LogP contribution in [0.4, 0.5) is 5.82 Å². The van der Waals surface area contributed by atoms with Crippen LogP contribution < -0.4 is 9.88 Å². The maximum Gasteiger partial charge on any atom is 0.274 e. The molecule has 0 spiro atoms. The monoisotopic (exact) mass is 386 g/mol. The predicted octanol–water partition coefficient (Wildman–Crippen LogP) is 2.74. The highest BCUT2D eigenvalue weighted by molar-refractivity contribution is 7.89. The average Bonchev–Trinajstić information content (AvgIpc) is 3.25. The third-order valence-electron chi connectivity index (χ3n) is 5.79. The van der Waals surface area contributed by atoms with E-state index in [-0.39, 0.29) is 0 Å². The Kier molecular flexibility index (Phi) is 5.45. The van der Waals surface area contributed by atoms with Gasteiger partial charge >= 0.3 is 0 Å². The molecule has 2 saturated heterocycles. The molecule has 144 valence electrons. The highest BCUT2D eigenvalue weighted by atomic mass is 32.2. The minimum atomic E-state index is -3.35. The molecule has 1 aromatic carbocycles. The van der Waals surface area contributed by atoms with Crippen molar-refractivity contribution in [3.05, 3.63) is 54.2 Å². The van der Waals surface area contributed by atoms with Gasteiger partial charge < -0.3 is 0 Å². The van der Waals surface area contributed by atoms with Crippen LogP contribution in [-0.4, -0.2) is 38.9 Å². The average molecular weight is 387 g/mol. The van der Waals surface area contributed by atoms with Crippen molar-refractivity contribution in [1.82, 2.24) is 4.31 Å². The summed E-state index contributed by atoms with van der Waals surface area (Å²) in [7, 11) is -3.35. The number of pyridine rings is 1. The lowest BCUT2D eigenvalue weighted by Gasteiger charge is -2.27. The lowest BCUT2D eigenvalue weighted by atomic mass is 9.90.